The molecule has 0 aliphatic carbocycles. The summed E-state index contributed by atoms with van der Waals surface area (Å²) in [7, 11) is 0. The van der Waals surface area contributed by atoms with Crippen molar-refractivity contribution >= 4 is 11.6 Å². The number of hydrogen-bond donors (Lipinski definition) is 3. The molecule has 0 aliphatic rings. The van der Waals surface area contributed by atoms with Crippen LogP contribution in [-0.4, -0.2) is 23.3 Å². The maximum atomic E-state index is 5.77. The third-order valence-corrected chi connectivity index (χ3v) is 2.25. The van der Waals surface area contributed by atoms with Gasteiger partial charge in [-0.05, 0) is 12.0 Å². The number of H-pyrrole nitrogens is 1. The largest absolute Gasteiger partial charge is 0.329 e. The van der Waals surface area contributed by atoms with Crippen molar-refractivity contribution in [3.8, 4) is 0 Å². The number of nitrogens with zero attached hydrogens (tertiary/aromatic N) is 1. The highest BCUT2D eigenvalue weighted by Crippen LogP contribution is 2.21. The molecule has 1 aromatic heterocycles. The van der Waals surface area contributed by atoms with Crippen LogP contribution < -0.4 is 11.1 Å². The number of halogens is 1. The number of hydrogen-bond acceptors (Lipinski definition) is 3. The monoisotopic (exact) mass is 216 g/mol. The number of rotatable bonds is 5. The van der Waals surface area contributed by atoms with E-state index in [-0.39, 0.29) is 6.04 Å². The van der Waals surface area contributed by atoms with Gasteiger partial charge in [-0.15, -0.1) is 0 Å². The first-order chi connectivity index (χ1) is 6.65. The van der Waals surface area contributed by atoms with Gasteiger partial charge in [-0.3, -0.25) is 5.10 Å². The van der Waals surface area contributed by atoms with Crippen molar-refractivity contribution in [2.24, 2.45) is 11.7 Å². The van der Waals surface area contributed by atoms with Crippen molar-refractivity contribution in [3.63, 3.8) is 0 Å². The van der Waals surface area contributed by atoms with Gasteiger partial charge in [0.25, 0.3) is 0 Å². The van der Waals surface area contributed by atoms with Gasteiger partial charge in [-0.1, -0.05) is 25.4 Å². The first kappa shape index (κ1) is 11.5. The zero-order valence-corrected chi connectivity index (χ0v) is 9.30. The summed E-state index contributed by atoms with van der Waals surface area (Å²) >= 11 is 5.77. The van der Waals surface area contributed by atoms with Crippen molar-refractivity contribution in [1.82, 2.24) is 15.5 Å². The van der Waals surface area contributed by atoms with E-state index in [1.165, 1.54) is 0 Å². The minimum Gasteiger partial charge on any atom is -0.329 e. The van der Waals surface area contributed by atoms with E-state index in [0.29, 0.717) is 17.6 Å². The normalized spacial score (nSPS) is 13.5. The fourth-order valence-electron chi connectivity index (χ4n) is 1.39. The SMILES string of the molecule is CC(C)C(NCCN)c1cc(Cl)[nH]n1. The molecule has 1 unspecified atom stereocenters. The smallest absolute Gasteiger partial charge is 0.124 e. The van der Waals surface area contributed by atoms with Gasteiger partial charge in [0.05, 0.1) is 11.7 Å². The van der Waals surface area contributed by atoms with Gasteiger partial charge in [0.1, 0.15) is 5.15 Å². The zero-order chi connectivity index (χ0) is 10.6. The lowest BCUT2D eigenvalue weighted by Crippen LogP contribution is -2.30. The Bertz CT molecular complexity index is 272. The maximum absolute atomic E-state index is 5.77. The molecule has 0 fully saturated rings. The van der Waals surface area contributed by atoms with Gasteiger partial charge in [0, 0.05) is 13.1 Å². The van der Waals surface area contributed by atoms with Crippen LogP contribution >= 0.6 is 11.6 Å². The van der Waals surface area contributed by atoms with E-state index in [1.807, 2.05) is 6.07 Å². The highest BCUT2D eigenvalue weighted by molar-refractivity contribution is 6.29. The minimum absolute atomic E-state index is 0.210. The molecular formula is C9H17ClN4. The van der Waals surface area contributed by atoms with Gasteiger partial charge < -0.3 is 11.1 Å². The van der Waals surface area contributed by atoms with Gasteiger partial charge in [-0.25, -0.2) is 0 Å². The summed E-state index contributed by atoms with van der Waals surface area (Å²) in [5.41, 5.74) is 6.39. The van der Waals surface area contributed by atoms with Crippen molar-refractivity contribution in [2.45, 2.75) is 19.9 Å². The van der Waals surface area contributed by atoms with Crippen LogP contribution in [0.5, 0.6) is 0 Å². The van der Waals surface area contributed by atoms with E-state index in [9.17, 15) is 0 Å². The van der Waals surface area contributed by atoms with Crippen molar-refractivity contribution < 1.29 is 0 Å². The van der Waals surface area contributed by atoms with Crippen LogP contribution in [0.3, 0.4) is 0 Å². The summed E-state index contributed by atoms with van der Waals surface area (Å²) in [6.45, 7) is 5.68. The number of nitrogens with two attached hydrogens (primary N) is 1. The lowest BCUT2D eigenvalue weighted by molar-refractivity contribution is 0.408. The quantitative estimate of drug-likeness (QED) is 0.695. The second-order valence-electron chi connectivity index (χ2n) is 3.61. The molecule has 1 heterocycles. The molecule has 4 N–H and O–H groups in total. The van der Waals surface area contributed by atoms with Crippen LogP contribution in [0, 0.1) is 5.92 Å². The first-order valence-electron chi connectivity index (χ1n) is 4.79. The Morgan fingerprint density at radius 3 is 2.79 bits per heavy atom. The molecular weight excluding hydrogens is 200 g/mol. The van der Waals surface area contributed by atoms with Crippen LogP contribution in [0.4, 0.5) is 0 Å². The predicted molar refractivity (Wildman–Crippen MR) is 58.2 cm³/mol. The molecule has 80 valence electrons. The Morgan fingerprint density at radius 1 is 1.64 bits per heavy atom. The van der Waals surface area contributed by atoms with E-state index >= 15 is 0 Å². The second kappa shape index (κ2) is 5.34. The van der Waals surface area contributed by atoms with Crippen LogP contribution in [0.15, 0.2) is 6.07 Å². The fourth-order valence-corrected chi connectivity index (χ4v) is 1.55. The van der Waals surface area contributed by atoms with E-state index in [0.717, 1.165) is 12.2 Å². The summed E-state index contributed by atoms with van der Waals surface area (Å²) in [4.78, 5) is 0. The Balaban J connectivity index is 2.67. The summed E-state index contributed by atoms with van der Waals surface area (Å²) in [5.74, 6) is 0.459. The molecule has 0 aliphatic heterocycles. The fraction of sp³-hybridized carbons (Fsp3) is 0.667. The van der Waals surface area contributed by atoms with E-state index in [1.54, 1.807) is 0 Å². The van der Waals surface area contributed by atoms with Gasteiger partial charge in [-0.2, -0.15) is 5.10 Å². The molecule has 0 spiro atoms. The van der Waals surface area contributed by atoms with Gasteiger partial charge >= 0.3 is 0 Å². The Kier molecular flexibility index (Phi) is 4.38. The predicted octanol–water partition coefficient (Wildman–Crippen LogP) is 1.31. The Morgan fingerprint density at radius 2 is 2.36 bits per heavy atom. The summed E-state index contributed by atoms with van der Waals surface area (Å²) in [6, 6.07) is 2.05. The van der Waals surface area contributed by atoms with E-state index in [4.69, 9.17) is 17.3 Å². The zero-order valence-electron chi connectivity index (χ0n) is 8.55. The number of nitrogens with one attached hydrogen (secondary N) is 2. The highest BCUT2D eigenvalue weighted by atomic mass is 35.5. The van der Waals surface area contributed by atoms with Crippen LogP contribution in [0.2, 0.25) is 5.15 Å². The maximum Gasteiger partial charge on any atom is 0.124 e. The molecule has 1 aromatic rings. The number of aromatic amines is 1. The molecule has 0 amide bonds. The lowest BCUT2D eigenvalue weighted by atomic mass is 10.0. The average molecular weight is 217 g/mol. The first-order valence-corrected chi connectivity index (χ1v) is 5.17. The van der Waals surface area contributed by atoms with Crippen LogP contribution in [0.25, 0.3) is 0 Å². The molecule has 0 radical (unpaired) electrons. The van der Waals surface area contributed by atoms with Gasteiger partial charge in [0.2, 0.25) is 0 Å². The molecule has 1 atom stereocenters. The second-order valence-corrected chi connectivity index (χ2v) is 4.01. The number of aromatic nitrogens is 2. The molecule has 4 nitrogen and oxygen atoms in total. The standard InChI is InChI=1S/C9H17ClN4/c1-6(2)9(12-4-3-11)7-5-8(10)14-13-7/h5-6,9,12H,3-4,11H2,1-2H3,(H,13,14). The highest BCUT2D eigenvalue weighted by Gasteiger charge is 2.17. The van der Waals surface area contributed by atoms with Crippen LogP contribution in [-0.2, 0) is 0 Å². The topological polar surface area (TPSA) is 66.7 Å². The average Bonchev–Trinajstić information content (AvgIpc) is 2.52. The van der Waals surface area contributed by atoms with Crippen molar-refractivity contribution in [2.75, 3.05) is 13.1 Å². The van der Waals surface area contributed by atoms with Gasteiger partial charge in [0.15, 0.2) is 0 Å². The Labute approximate surface area is 89.2 Å². The van der Waals surface area contributed by atoms with E-state index < -0.39 is 0 Å². The molecule has 14 heavy (non-hydrogen) atoms. The molecule has 0 aromatic carbocycles. The van der Waals surface area contributed by atoms with E-state index in [2.05, 4.69) is 29.4 Å². The summed E-state index contributed by atoms with van der Waals surface area (Å²) in [5, 5.41) is 10.8. The van der Waals surface area contributed by atoms with Crippen LogP contribution in [0.1, 0.15) is 25.6 Å². The molecule has 5 heteroatoms. The van der Waals surface area contributed by atoms with Crippen molar-refractivity contribution in [1.29, 1.82) is 0 Å². The summed E-state index contributed by atoms with van der Waals surface area (Å²) < 4.78 is 0. The molecule has 1 rings (SSSR count). The lowest BCUT2D eigenvalue weighted by Gasteiger charge is -2.19. The molecule has 0 bridgehead atoms. The van der Waals surface area contributed by atoms with Crippen molar-refractivity contribution in [3.05, 3.63) is 16.9 Å². The minimum atomic E-state index is 0.210. The third-order valence-electron chi connectivity index (χ3n) is 2.06. The third kappa shape index (κ3) is 2.97. The Hall–Kier alpha value is -0.580. The molecule has 0 saturated carbocycles. The molecule has 0 saturated heterocycles. The summed E-state index contributed by atoms with van der Waals surface area (Å²) in [6.07, 6.45) is 0.